The van der Waals surface area contributed by atoms with Gasteiger partial charge in [-0.1, -0.05) is 30.3 Å². The van der Waals surface area contributed by atoms with Gasteiger partial charge in [-0.25, -0.2) is 0 Å². The first-order valence-corrected chi connectivity index (χ1v) is 35.4. The van der Waals surface area contributed by atoms with E-state index < -0.39 is 59.4 Å². The molecule has 0 aromatic heterocycles. The van der Waals surface area contributed by atoms with E-state index in [1.54, 1.807) is 12.1 Å². The van der Waals surface area contributed by atoms with Gasteiger partial charge in [-0.15, -0.1) is 0 Å². The van der Waals surface area contributed by atoms with Crippen molar-refractivity contribution in [3.8, 4) is 23.3 Å². The number of nitriles is 2. The normalized spacial score (nSPS) is 13.8. The second-order valence-corrected chi connectivity index (χ2v) is 41.5. The van der Waals surface area contributed by atoms with Gasteiger partial charge in [0.15, 0.2) is 8.32 Å². The molecule has 0 N–H and O–H groups in total. The summed E-state index contributed by atoms with van der Waals surface area (Å²) in [7, 11) is -17.0. The Morgan fingerprint density at radius 2 is 0.864 bits per heavy atom. The number of rotatable bonds is 14. The van der Waals surface area contributed by atoms with Crippen LogP contribution in [0, 0.1) is 22.7 Å². The van der Waals surface area contributed by atoms with E-state index >= 15 is 0 Å². The molecule has 0 saturated carbocycles. The highest BCUT2D eigenvalue weighted by Gasteiger charge is 2.48. The van der Waals surface area contributed by atoms with Crippen molar-refractivity contribution < 1.29 is 24.7 Å². The van der Waals surface area contributed by atoms with Crippen LogP contribution in [-0.4, -0.2) is 59.4 Å². The van der Waals surface area contributed by atoms with E-state index in [-0.39, 0.29) is 0 Å². The van der Waals surface area contributed by atoms with Gasteiger partial charge < -0.3 is 24.7 Å². The third kappa shape index (κ3) is 12.5. The van der Waals surface area contributed by atoms with E-state index in [1.807, 2.05) is 18.2 Å². The van der Waals surface area contributed by atoms with Crippen LogP contribution in [-0.2, 0) is 24.7 Å². The first-order chi connectivity index (χ1) is 19.7. The van der Waals surface area contributed by atoms with Crippen LogP contribution < -0.4 is 5.19 Å². The molecular weight excluding hydrogens is 669 g/mol. The first-order valence-electron chi connectivity index (χ1n) is 15.0. The quantitative estimate of drug-likeness (QED) is 0.181. The van der Waals surface area contributed by atoms with Crippen LogP contribution in [0.4, 0.5) is 0 Å². The number of hydrogen-bond donors (Lipinski definition) is 0. The van der Waals surface area contributed by atoms with Crippen molar-refractivity contribution in [2.24, 2.45) is 0 Å². The zero-order valence-electron chi connectivity index (χ0n) is 29.4. The van der Waals surface area contributed by atoms with Crippen LogP contribution in [0.3, 0.4) is 0 Å². The molecule has 0 amide bonds. The van der Waals surface area contributed by atoms with Crippen LogP contribution >= 0.6 is 0 Å². The highest BCUT2D eigenvalue weighted by atomic mass is 28.5. The molecule has 44 heavy (non-hydrogen) atoms. The molecule has 0 heterocycles. The van der Waals surface area contributed by atoms with Gasteiger partial charge in [-0.3, -0.25) is 0 Å². The maximum Gasteiger partial charge on any atom is 0.314 e. The Morgan fingerprint density at radius 3 is 1.30 bits per heavy atom. The average Bonchev–Trinajstić information content (AvgIpc) is 2.78. The lowest BCUT2D eigenvalue weighted by atomic mass is 10.0. The summed E-state index contributed by atoms with van der Waals surface area (Å²) in [5, 5.41) is 19.9. The molecule has 15 heteroatoms. The Morgan fingerprint density at radius 1 is 0.455 bits per heavy atom. The molecule has 0 spiro atoms. The molecule has 0 bridgehead atoms. The monoisotopic (exact) mass is 720 g/mol. The standard InChI is InChI=1S/C29H52N2O6Si7/c1-38(2,3)32-40(6,7)34-42(10,11)36-44(14,15)37-43(12,13)35-41(8,9)33-39(4,5)29-18-16-17-25(22-29)26-19-20-27(23-30)28(21-26)24-31/h16-22H,1-15H3. The lowest BCUT2D eigenvalue weighted by Gasteiger charge is -2.43. The van der Waals surface area contributed by atoms with Gasteiger partial charge in [0, 0.05) is 0 Å². The molecule has 2 aromatic rings. The SMILES string of the molecule is C[Si](C)(C)O[Si](C)(C)O[Si](C)(C)O[Si](C)(C)O[Si](C)(C)O[Si](C)(C)O[Si](C)(C)c1cccc(-c2ccc(C#N)c(C#N)c2)c1. The number of nitrogens with zero attached hydrogens (tertiary/aromatic N) is 2. The fourth-order valence-corrected chi connectivity index (χ4v) is 39.8. The largest absolute Gasteiger partial charge is 0.437 e. The fourth-order valence-electron chi connectivity index (χ4n) is 5.87. The fraction of sp³-hybridized carbons (Fsp3) is 0.517. The molecular formula is C29H52N2O6Si7. The summed E-state index contributed by atoms with van der Waals surface area (Å²) in [6.07, 6.45) is 0. The van der Waals surface area contributed by atoms with Crippen molar-refractivity contribution >= 4 is 64.6 Å². The molecule has 2 rings (SSSR count). The highest BCUT2D eigenvalue weighted by Crippen LogP contribution is 2.29. The Bertz CT molecular complexity index is 1410. The van der Waals surface area contributed by atoms with Gasteiger partial charge >= 0.3 is 42.8 Å². The Balaban J connectivity index is 2.18. The van der Waals surface area contributed by atoms with E-state index in [0.717, 1.165) is 16.3 Å². The summed E-state index contributed by atoms with van der Waals surface area (Å²) in [5.74, 6) is 0. The third-order valence-corrected chi connectivity index (χ3v) is 32.0. The lowest BCUT2D eigenvalue weighted by molar-refractivity contribution is 0.272. The Labute approximate surface area is 273 Å². The Hall–Kier alpha value is -1.30. The zero-order valence-corrected chi connectivity index (χ0v) is 36.4. The zero-order chi connectivity index (χ0) is 34.0. The summed E-state index contributed by atoms with van der Waals surface area (Å²) in [4.78, 5) is 0. The lowest BCUT2D eigenvalue weighted by Crippen LogP contribution is -2.61. The molecule has 242 valence electrons. The van der Waals surface area contributed by atoms with Crippen LogP contribution in [0.1, 0.15) is 11.1 Å². The van der Waals surface area contributed by atoms with E-state index in [9.17, 15) is 10.5 Å². The van der Waals surface area contributed by atoms with Gasteiger partial charge in [0.05, 0.1) is 11.1 Å². The maximum atomic E-state index is 9.49. The molecule has 8 nitrogen and oxygen atoms in total. The van der Waals surface area contributed by atoms with E-state index in [0.29, 0.717) is 11.1 Å². The molecule has 0 aliphatic rings. The minimum Gasteiger partial charge on any atom is -0.437 e. The smallest absolute Gasteiger partial charge is 0.314 e. The van der Waals surface area contributed by atoms with Crippen LogP contribution in [0.5, 0.6) is 0 Å². The first kappa shape index (κ1) is 38.9. The summed E-state index contributed by atoms with van der Waals surface area (Å²) in [6, 6.07) is 17.8. The van der Waals surface area contributed by atoms with Crippen molar-refractivity contribution in [3.05, 3.63) is 53.6 Å². The van der Waals surface area contributed by atoms with Crippen LogP contribution in [0.25, 0.3) is 11.1 Å². The molecule has 0 radical (unpaired) electrons. The molecule has 0 atom stereocenters. The number of benzene rings is 2. The number of hydrogen-bond acceptors (Lipinski definition) is 8. The highest BCUT2D eigenvalue weighted by molar-refractivity contribution is 6.94. The van der Waals surface area contributed by atoms with Gasteiger partial charge in [-0.05, 0) is 127 Å². The van der Waals surface area contributed by atoms with Crippen molar-refractivity contribution in [2.45, 2.75) is 98.2 Å². The molecule has 0 aliphatic heterocycles. The predicted octanol–water partition coefficient (Wildman–Crippen LogP) is 7.95. The van der Waals surface area contributed by atoms with Crippen molar-refractivity contribution in [1.82, 2.24) is 0 Å². The summed E-state index contributed by atoms with van der Waals surface area (Å²) in [5.41, 5.74) is 2.62. The van der Waals surface area contributed by atoms with Crippen molar-refractivity contribution in [3.63, 3.8) is 0 Å². The summed E-state index contributed by atoms with van der Waals surface area (Å²) in [6.45, 7) is 31.7. The van der Waals surface area contributed by atoms with Gasteiger partial charge in [0.1, 0.15) is 12.1 Å². The maximum absolute atomic E-state index is 9.49. The second-order valence-electron chi connectivity index (χ2n) is 14.8. The molecule has 0 aliphatic carbocycles. The topological polar surface area (TPSA) is 103 Å². The molecule has 0 unspecified atom stereocenters. The minimum absolute atomic E-state index is 0.371. The van der Waals surface area contributed by atoms with E-state index in [4.69, 9.17) is 24.7 Å². The average molecular weight is 721 g/mol. The molecule has 0 fully saturated rings. The van der Waals surface area contributed by atoms with Gasteiger partial charge in [0.2, 0.25) is 8.32 Å². The van der Waals surface area contributed by atoms with E-state index in [2.05, 4.69) is 122 Å². The van der Waals surface area contributed by atoms with Crippen molar-refractivity contribution in [1.29, 1.82) is 10.5 Å². The van der Waals surface area contributed by atoms with Gasteiger partial charge in [0.25, 0.3) is 0 Å². The second kappa shape index (κ2) is 13.8. The minimum atomic E-state index is -2.66. The Kier molecular flexibility index (Phi) is 12.2. The summed E-state index contributed by atoms with van der Waals surface area (Å²) >= 11 is 0. The van der Waals surface area contributed by atoms with Gasteiger partial charge in [-0.2, -0.15) is 10.5 Å². The third-order valence-electron chi connectivity index (χ3n) is 6.17. The summed E-state index contributed by atoms with van der Waals surface area (Å²) < 4.78 is 40.1. The van der Waals surface area contributed by atoms with Crippen molar-refractivity contribution in [2.75, 3.05) is 0 Å². The van der Waals surface area contributed by atoms with Crippen LogP contribution in [0.15, 0.2) is 42.5 Å². The molecule has 0 saturated heterocycles. The predicted molar refractivity (Wildman–Crippen MR) is 196 cm³/mol. The van der Waals surface area contributed by atoms with Crippen LogP contribution in [0.2, 0.25) is 98.2 Å². The van der Waals surface area contributed by atoms with E-state index in [1.165, 1.54) is 0 Å². The molecule has 2 aromatic carbocycles.